The number of rotatable bonds is 4. The van der Waals surface area contributed by atoms with Gasteiger partial charge in [0.15, 0.2) is 5.69 Å². The van der Waals surface area contributed by atoms with E-state index >= 15 is 0 Å². The van der Waals surface area contributed by atoms with Gasteiger partial charge in [0.1, 0.15) is 23.1 Å². The van der Waals surface area contributed by atoms with Gasteiger partial charge in [-0.1, -0.05) is 0 Å². The Bertz CT molecular complexity index is 1370. The van der Waals surface area contributed by atoms with E-state index < -0.39 is 29.0 Å². The number of aromatic nitrogens is 2. The summed E-state index contributed by atoms with van der Waals surface area (Å²) in [5.41, 5.74) is -1.72. The topological polar surface area (TPSA) is 74.5 Å². The quantitative estimate of drug-likeness (QED) is 0.322. The molecule has 2 heterocycles. The van der Waals surface area contributed by atoms with Crippen LogP contribution in [0, 0.1) is 11.2 Å². The molecule has 2 aromatic carbocycles. The predicted molar refractivity (Wildman–Crippen MR) is 125 cm³/mol. The molecule has 7 nitrogen and oxygen atoms in total. The molecule has 1 aliphatic carbocycles. The summed E-state index contributed by atoms with van der Waals surface area (Å²) in [6, 6.07) is 10.3. The van der Waals surface area contributed by atoms with E-state index in [1.165, 1.54) is 41.2 Å². The summed E-state index contributed by atoms with van der Waals surface area (Å²) in [6.45, 7) is -0.0138. The Morgan fingerprint density at radius 3 is 2.28 bits per heavy atom. The molecular formula is C25H23F4N5O2. The number of benzene rings is 2. The molecule has 0 unspecified atom stereocenters. The third-order valence-electron chi connectivity index (χ3n) is 6.73. The van der Waals surface area contributed by atoms with Gasteiger partial charge in [-0.15, -0.1) is 0 Å². The molecule has 0 atom stereocenters. The molecule has 188 valence electrons. The van der Waals surface area contributed by atoms with Crippen LogP contribution in [-0.2, 0) is 11.6 Å². The highest BCUT2D eigenvalue weighted by Gasteiger charge is 2.58. The Hall–Kier alpha value is -3.89. The highest BCUT2D eigenvalue weighted by Crippen LogP contribution is 2.56. The minimum Gasteiger partial charge on any atom is -0.497 e. The van der Waals surface area contributed by atoms with Crippen LogP contribution in [0.3, 0.4) is 0 Å². The number of halogens is 4. The standard InChI is InChI=1S/C25H23F4N5O2/c1-32(2)22(30)17-9-6-15(12-18(17)26)33-13-24(10-11-24)19-20(23(33)35)34(31-21(19)25(27,28)29)14-4-7-16(36-3)8-5-14/h4-9,12,30H,10-11,13H2,1-3H3. The summed E-state index contributed by atoms with van der Waals surface area (Å²) >= 11 is 0. The van der Waals surface area contributed by atoms with Gasteiger partial charge in [0, 0.05) is 37.3 Å². The molecule has 1 aromatic heterocycles. The zero-order chi connectivity index (χ0) is 26.0. The number of amides is 1. The highest BCUT2D eigenvalue weighted by atomic mass is 19.4. The second-order valence-corrected chi connectivity index (χ2v) is 9.26. The van der Waals surface area contributed by atoms with Gasteiger partial charge in [-0.2, -0.15) is 18.3 Å². The maximum Gasteiger partial charge on any atom is 0.435 e. The molecule has 1 amide bonds. The molecule has 36 heavy (non-hydrogen) atoms. The van der Waals surface area contributed by atoms with Crippen molar-refractivity contribution >= 4 is 17.4 Å². The van der Waals surface area contributed by atoms with Crippen molar-refractivity contribution in [1.82, 2.24) is 14.7 Å². The smallest absolute Gasteiger partial charge is 0.435 e. The van der Waals surface area contributed by atoms with Crippen molar-refractivity contribution in [1.29, 1.82) is 5.41 Å². The molecule has 2 aliphatic rings. The number of fused-ring (bicyclic) bond motifs is 2. The maximum absolute atomic E-state index is 14.9. The van der Waals surface area contributed by atoms with Crippen LogP contribution in [0.1, 0.15) is 40.2 Å². The fourth-order valence-electron chi connectivity index (χ4n) is 4.68. The Morgan fingerprint density at radius 2 is 1.75 bits per heavy atom. The number of amidine groups is 1. The van der Waals surface area contributed by atoms with E-state index in [9.17, 15) is 22.4 Å². The van der Waals surface area contributed by atoms with E-state index in [4.69, 9.17) is 10.1 Å². The van der Waals surface area contributed by atoms with Crippen molar-refractivity contribution in [3.63, 3.8) is 0 Å². The molecule has 1 N–H and O–H groups in total. The number of nitrogens with one attached hydrogen (secondary N) is 1. The van der Waals surface area contributed by atoms with Gasteiger partial charge < -0.3 is 14.5 Å². The molecule has 0 saturated heterocycles. The van der Waals surface area contributed by atoms with E-state index in [2.05, 4.69) is 5.10 Å². The second-order valence-electron chi connectivity index (χ2n) is 9.26. The minimum absolute atomic E-state index is 0.0138. The fraction of sp³-hybridized carbons (Fsp3) is 0.320. The third-order valence-corrected chi connectivity index (χ3v) is 6.73. The fourth-order valence-corrected chi connectivity index (χ4v) is 4.68. The molecule has 11 heteroatoms. The Kier molecular flexibility index (Phi) is 5.34. The van der Waals surface area contributed by atoms with Crippen LogP contribution in [0.4, 0.5) is 23.2 Å². The first-order chi connectivity index (χ1) is 17.0. The first-order valence-electron chi connectivity index (χ1n) is 11.2. The van der Waals surface area contributed by atoms with Crippen LogP contribution >= 0.6 is 0 Å². The van der Waals surface area contributed by atoms with Crippen molar-refractivity contribution in [2.75, 3.05) is 32.6 Å². The van der Waals surface area contributed by atoms with Crippen LogP contribution in [0.15, 0.2) is 42.5 Å². The van der Waals surface area contributed by atoms with Gasteiger partial charge in [0.05, 0.1) is 18.4 Å². The van der Waals surface area contributed by atoms with E-state index in [1.54, 1.807) is 26.2 Å². The molecule has 5 rings (SSSR count). The monoisotopic (exact) mass is 501 g/mol. The first-order valence-corrected chi connectivity index (χ1v) is 11.2. The Labute approximate surface area is 204 Å². The van der Waals surface area contributed by atoms with E-state index in [-0.39, 0.29) is 40.6 Å². The highest BCUT2D eigenvalue weighted by molar-refractivity contribution is 6.09. The SMILES string of the molecule is COc1ccc(-n2nc(C(F)(F)F)c3c2C(=O)N(c2ccc(C(=N)N(C)C)c(F)c2)CC32CC2)cc1. The Morgan fingerprint density at radius 1 is 1.11 bits per heavy atom. The number of hydrogen-bond acceptors (Lipinski definition) is 4. The summed E-state index contributed by atoms with van der Waals surface area (Å²) in [4.78, 5) is 16.5. The molecule has 0 radical (unpaired) electrons. The summed E-state index contributed by atoms with van der Waals surface area (Å²) in [5.74, 6) is -0.941. The van der Waals surface area contributed by atoms with E-state index in [0.29, 0.717) is 18.6 Å². The molecule has 1 spiro atoms. The third kappa shape index (κ3) is 3.69. The number of alkyl halides is 3. The summed E-state index contributed by atoms with van der Waals surface area (Å²) in [5, 5.41) is 11.9. The average molecular weight is 501 g/mol. The molecule has 0 bridgehead atoms. The number of carbonyl (C=O) groups excluding carboxylic acids is 1. The molecule has 1 fully saturated rings. The number of carbonyl (C=O) groups is 1. The van der Waals surface area contributed by atoms with Crippen molar-refractivity contribution in [2.45, 2.75) is 24.4 Å². The Balaban J connectivity index is 1.65. The summed E-state index contributed by atoms with van der Waals surface area (Å²) in [7, 11) is 4.69. The lowest BCUT2D eigenvalue weighted by molar-refractivity contribution is -0.142. The normalized spacial score (nSPS) is 16.2. The second kappa shape index (κ2) is 8.07. The van der Waals surface area contributed by atoms with Gasteiger partial charge in [-0.3, -0.25) is 10.2 Å². The summed E-state index contributed by atoms with van der Waals surface area (Å²) in [6.07, 6.45) is -3.85. The van der Waals surface area contributed by atoms with Gasteiger partial charge in [0.2, 0.25) is 0 Å². The lowest BCUT2D eigenvalue weighted by atomic mass is 9.88. The molecular weight excluding hydrogens is 478 g/mol. The van der Waals surface area contributed by atoms with Crippen LogP contribution in [0.25, 0.3) is 5.69 Å². The number of methoxy groups -OCH3 is 1. The lowest BCUT2D eigenvalue weighted by Crippen LogP contribution is -2.45. The maximum atomic E-state index is 14.9. The van der Waals surface area contributed by atoms with E-state index in [1.807, 2.05) is 0 Å². The van der Waals surface area contributed by atoms with Crippen molar-refractivity contribution in [3.05, 3.63) is 70.8 Å². The number of ether oxygens (including phenoxy) is 1. The average Bonchev–Trinajstić information content (AvgIpc) is 3.47. The molecule has 1 aliphatic heterocycles. The number of nitrogens with zero attached hydrogens (tertiary/aromatic N) is 4. The van der Waals surface area contributed by atoms with Crippen LogP contribution in [0.2, 0.25) is 0 Å². The largest absolute Gasteiger partial charge is 0.497 e. The number of hydrogen-bond donors (Lipinski definition) is 1. The van der Waals surface area contributed by atoms with Crippen LogP contribution < -0.4 is 9.64 Å². The zero-order valence-corrected chi connectivity index (χ0v) is 19.8. The van der Waals surface area contributed by atoms with Gasteiger partial charge in [-0.05, 0) is 55.3 Å². The number of anilines is 1. The lowest BCUT2D eigenvalue weighted by Gasteiger charge is -2.34. The summed E-state index contributed by atoms with van der Waals surface area (Å²) < 4.78 is 63.4. The zero-order valence-electron chi connectivity index (χ0n) is 19.8. The first kappa shape index (κ1) is 23.8. The van der Waals surface area contributed by atoms with Gasteiger partial charge in [-0.25, -0.2) is 9.07 Å². The minimum atomic E-state index is -4.75. The van der Waals surface area contributed by atoms with Crippen LogP contribution in [-0.4, -0.2) is 54.2 Å². The van der Waals surface area contributed by atoms with Crippen LogP contribution in [0.5, 0.6) is 5.75 Å². The predicted octanol–water partition coefficient (Wildman–Crippen LogP) is 4.62. The van der Waals surface area contributed by atoms with E-state index in [0.717, 1.165) is 10.7 Å². The van der Waals surface area contributed by atoms with Crippen molar-refractivity contribution < 1.29 is 27.1 Å². The molecule has 3 aromatic rings. The van der Waals surface area contributed by atoms with Crippen molar-refractivity contribution in [3.8, 4) is 11.4 Å². The van der Waals surface area contributed by atoms with Gasteiger partial charge in [0.25, 0.3) is 5.91 Å². The van der Waals surface area contributed by atoms with Crippen molar-refractivity contribution in [2.24, 2.45) is 0 Å². The van der Waals surface area contributed by atoms with Gasteiger partial charge >= 0.3 is 6.18 Å². The molecule has 1 saturated carbocycles.